The molecule has 0 radical (unpaired) electrons. The van der Waals surface area contributed by atoms with Crippen molar-refractivity contribution in [3.05, 3.63) is 66.8 Å². The highest BCUT2D eigenvalue weighted by Gasteiger charge is 2.32. The SMILES string of the molecule is Cc1ncc(CN[C@@H]2CC(Cn3ccnc3)C[C@H]2O)n1-c1ccccc1. The van der Waals surface area contributed by atoms with Crippen molar-refractivity contribution in [1.82, 2.24) is 24.4 Å². The van der Waals surface area contributed by atoms with Gasteiger partial charge in [-0.25, -0.2) is 9.97 Å². The third kappa shape index (κ3) is 3.57. The highest BCUT2D eigenvalue weighted by atomic mass is 16.3. The molecule has 0 spiro atoms. The van der Waals surface area contributed by atoms with Gasteiger partial charge >= 0.3 is 0 Å². The normalized spacial score (nSPS) is 22.8. The zero-order valence-corrected chi connectivity index (χ0v) is 15.0. The van der Waals surface area contributed by atoms with Crippen molar-refractivity contribution in [1.29, 1.82) is 0 Å². The molecule has 6 heteroatoms. The van der Waals surface area contributed by atoms with Crippen LogP contribution in [0.25, 0.3) is 5.69 Å². The first-order chi connectivity index (χ1) is 12.7. The second kappa shape index (κ2) is 7.43. The Balaban J connectivity index is 1.40. The van der Waals surface area contributed by atoms with Gasteiger partial charge in [0, 0.05) is 37.2 Å². The summed E-state index contributed by atoms with van der Waals surface area (Å²) >= 11 is 0. The number of aliphatic hydroxyl groups is 1. The Morgan fingerprint density at radius 1 is 1.23 bits per heavy atom. The first-order valence-corrected chi connectivity index (χ1v) is 9.16. The quantitative estimate of drug-likeness (QED) is 0.715. The number of nitrogens with one attached hydrogen (secondary N) is 1. The molecule has 0 amide bonds. The molecule has 1 unspecified atom stereocenters. The van der Waals surface area contributed by atoms with E-state index in [4.69, 9.17) is 0 Å². The van der Waals surface area contributed by atoms with Crippen molar-refractivity contribution < 1.29 is 5.11 Å². The van der Waals surface area contributed by atoms with Crippen LogP contribution in [-0.2, 0) is 13.1 Å². The van der Waals surface area contributed by atoms with Crippen LogP contribution in [0.2, 0.25) is 0 Å². The van der Waals surface area contributed by atoms with Crippen molar-refractivity contribution in [2.75, 3.05) is 0 Å². The fraction of sp³-hybridized carbons (Fsp3) is 0.400. The Bertz CT molecular complexity index is 827. The molecule has 2 aromatic heterocycles. The predicted molar refractivity (Wildman–Crippen MR) is 99.9 cm³/mol. The van der Waals surface area contributed by atoms with Crippen LogP contribution in [0.4, 0.5) is 0 Å². The van der Waals surface area contributed by atoms with Crippen LogP contribution in [-0.4, -0.2) is 36.4 Å². The van der Waals surface area contributed by atoms with Crippen LogP contribution in [0.3, 0.4) is 0 Å². The third-order valence-corrected chi connectivity index (χ3v) is 5.23. The maximum Gasteiger partial charge on any atom is 0.110 e. The molecule has 0 saturated heterocycles. The van der Waals surface area contributed by atoms with Gasteiger partial charge in [0.15, 0.2) is 0 Å². The summed E-state index contributed by atoms with van der Waals surface area (Å²) in [6.45, 7) is 3.62. The lowest BCUT2D eigenvalue weighted by molar-refractivity contribution is 0.145. The molecule has 2 N–H and O–H groups in total. The summed E-state index contributed by atoms with van der Waals surface area (Å²) in [7, 11) is 0. The Morgan fingerprint density at radius 3 is 2.85 bits per heavy atom. The number of para-hydroxylation sites is 1. The highest BCUT2D eigenvalue weighted by Crippen LogP contribution is 2.28. The molecule has 0 aliphatic heterocycles. The van der Waals surface area contributed by atoms with Gasteiger partial charge in [-0.2, -0.15) is 0 Å². The van der Waals surface area contributed by atoms with Crippen molar-refractivity contribution >= 4 is 0 Å². The molecule has 1 aliphatic carbocycles. The van der Waals surface area contributed by atoms with Crippen LogP contribution >= 0.6 is 0 Å². The zero-order valence-electron chi connectivity index (χ0n) is 15.0. The van der Waals surface area contributed by atoms with Crippen LogP contribution in [0, 0.1) is 12.8 Å². The van der Waals surface area contributed by atoms with Crippen LogP contribution in [0.5, 0.6) is 0 Å². The number of rotatable bonds is 6. The largest absolute Gasteiger partial charge is 0.391 e. The van der Waals surface area contributed by atoms with Gasteiger partial charge in [0.1, 0.15) is 5.82 Å². The summed E-state index contributed by atoms with van der Waals surface area (Å²) in [4.78, 5) is 8.57. The Morgan fingerprint density at radius 2 is 2.08 bits per heavy atom. The summed E-state index contributed by atoms with van der Waals surface area (Å²) in [5, 5.41) is 14.0. The number of nitrogens with zero attached hydrogens (tertiary/aromatic N) is 4. The number of aromatic nitrogens is 4. The van der Waals surface area contributed by atoms with E-state index in [-0.39, 0.29) is 12.1 Å². The monoisotopic (exact) mass is 351 g/mol. The smallest absolute Gasteiger partial charge is 0.110 e. The lowest BCUT2D eigenvalue weighted by Crippen LogP contribution is -2.35. The van der Waals surface area contributed by atoms with Crippen LogP contribution < -0.4 is 5.32 Å². The highest BCUT2D eigenvalue weighted by molar-refractivity contribution is 5.35. The van der Waals surface area contributed by atoms with E-state index < -0.39 is 0 Å². The van der Waals surface area contributed by atoms with Gasteiger partial charge in [0.25, 0.3) is 0 Å². The van der Waals surface area contributed by atoms with Gasteiger partial charge < -0.3 is 15.0 Å². The molecule has 3 aromatic rings. The molecule has 1 aromatic carbocycles. The topological polar surface area (TPSA) is 67.9 Å². The lowest BCUT2D eigenvalue weighted by atomic mass is 10.1. The van der Waals surface area contributed by atoms with Gasteiger partial charge in [-0.15, -0.1) is 0 Å². The molecule has 1 aliphatic rings. The number of aliphatic hydroxyl groups excluding tert-OH is 1. The van der Waals surface area contributed by atoms with Crippen molar-refractivity contribution in [3.63, 3.8) is 0 Å². The number of hydrogen-bond donors (Lipinski definition) is 2. The Kier molecular flexibility index (Phi) is 4.86. The predicted octanol–water partition coefficient (Wildman–Crippen LogP) is 2.31. The van der Waals surface area contributed by atoms with Crippen LogP contribution in [0.15, 0.2) is 55.2 Å². The lowest BCUT2D eigenvalue weighted by Gasteiger charge is -2.18. The van der Waals surface area contributed by atoms with Crippen LogP contribution in [0.1, 0.15) is 24.4 Å². The van der Waals surface area contributed by atoms with E-state index in [1.54, 1.807) is 6.20 Å². The molecule has 2 heterocycles. The van der Waals surface area contributed by atoms with Gasteiger partial charge in [0.2, 0.25) is 0 Å². The molecule has 6 nitrogen and oxygen atoms in total. The molecular weight excluding hydrogens is 326 g/mol. The third-order valence-electron chi connectivity index (χ3n) is 5.23. The fourth-order valence-electron chi connectivity index (χ4n) is 3.96. The number of hydrogen-bond acceptors (Lipinski definition) is 4. The minimum absolute atomic E-state index is 0.114. The molecule has 136 valence electrons. The van der Waals surface area contributed by atoms with E-state index in [9.17, 15) is 5.11 Å². The second-order valence-corrected chi connectivity index (χ2v) is 7.12. The Hall–Kier alpha value is -2.44. The average Bonchev–Trinajstić information content (AvgIpc) is 3.36. The van der Waals surface area contributed by atoms with E-state index in [2.05, 4.69) is 36.6 Å². The fourth-order valence-corrected chi connectivity index (χ4v) is 3.96. The summed E-state index contributed by atoms with van der Waals surface area (Å²) in [6.07, 6.45) is 9.03. The van der Waals surface area contributed by atoms with Gasteiger partial charge in [-0.3, -0.25) is 4.57 Å². The molecule has 0 bridgehead atoms. The minimum Gasteiger partial charge on any atom is -0.391 e. The summed E-state index contributed by atoms with van der Waals surface area (Å²) < 4.78 is 4.25. The molecular formula is C20H25N5O. The standard InChI is InChI=1S/C20H25N5O/c1-15-22-11-18(25(15)17-5-3-2-4-6-17)12-23-19-9-16(10-20(19)26)13-24-8-7-21-14-24/h2-8,11,14,16,19-20,23,26H,9-10,12-13H2,1H3/t16?,19-,20-/m1/s1. The van der Waals surface area contributed by atoms with E-state index in [0.717, 1.165) is 36.6 Å². The van der Waals surface area contributed by atoms with Crippen molar-refractivity contribution in [3.8, 4) is 5.69 Å². The number of aryl methyl sites for hydroxylation is 1. The van der Waals surface area contributed by atoms with Crippen molar-refractivity contribution in [2.24, 2.45) is 5.92 Å². The molecule has 26 heavy (non-hydrogen) atoms. The maximum atomic E-state index is 10.4. The number of benzene rings is 1. The first kappa shape index (κ1) is 17.0. The van der Waals surface area contributed by atoms with E-state index in [1.807, 2.05) is 43.8 Å². The first-order valence-electron chi connectivity index (χ1n) is 9.16. The average molecular weight is 351 g/mol. The summed E-state index contributed by atoms with van der Waals surface area (Å²) in [6, 6.07) is 10.4. The second-order valence-electron chi connectivity index (χ2n) is 7.12. The maximum absolute atomic E-state index is 10.4. The minimum atomic E-state index is -0.308. The van der Waals surface area contributed by atoms with Crippen molar-refractivity contribution in [2.45, 2.75) is 45.0 Å². The molecule has 1 saturated carbocycles. The zero-order chi connectivity index (χ0) is 17.9. The van der Waals surface area contributed by atoms with Gasteiger partial charge in [-0.05, 0) is 37.8 Å². The molecule has 3 atom stereocenters. The molecule has 4 rings (SSSR count). The van der Waals surface area contributed by atoms with E-state index in [0.29, 0.717) is 12.5 Å². The van der Waals surface area contributed by atoms with E-state index in [1.165, 1.54) is 0 Å². The van der Waals surface area contributed by atoms with E-state index >= 15 is 0 Å². The summed E-state index contributed by atoms with van der Waals surface area (Å²) in [5.41, 5.74) is 2.23. The molecule has 1 fully saturated rings. The van der Waals surface area contributed by atoms with Gasteiger partial charge in [-0.1, -0.05) is 18.2 Å². The number of imidazole rings is 2. The summed E-state index contributed by atoms with van der Waals surface area (Å²) in [5.74, 6) is 1.44. The van der Waals surface area contributed by atoms with Gasteiger partial charge in [0.05, 0.1) is 24.3 Å². The Labute approximate surface area is 153 Å².